The molecular formula is C13H14N4O3. The van der Waals surface area contributed by atoms with Crippen LogP contribution >= 0.6 is 0 Å². The number of nitrogens with one attached hydrogen (secondary N) is 1. The minimum Gasteiger partial charge on any atom is -0.307 e. The molecule has 0 atom stereocenters. The Morgan fingerprint density at radius 1 is 1.30 bits per heavy atom. The van der Waals surface area contributed by atoms with Gasteiger partial charge in [0.25, 0.3) is 11.6 Å². The molecule has 104 valence electrons. The molecule has 0 fully saturated rings. The summed E-state index contributed by atoms with van der Waals surface area (Å²) < 4.78 is 1.68. The standard InChI is InChI=1S/C13H14N4O3/c1-9(2)16-12(7-8-14-16)15-13(18)10-3-5-11(6-4-10)17(19)20/h3-9H,1-2H3,(H,15,18). The minimum absolute atomic E-state index is 0.0474. The molecule has 0 aliphatic heterocycles. The average Bonchev–Trinajstić information content (AvgIpc) is 2.87. The molecule has 2 aromatic rings. The highest BCUT2D eigenvalue weighted by Gasteiger charge is 2.12. The van der Waals surface area contributed by atoms with Crippen molar-refractivity contribution in [1.82, 2.24) is 9.78 Å². The molecule has 1 N–H and O–H groups in total. The van der Waals surface area contributed by atoms with Gasteiger partial charge in [-0.1, -0.05) is 0 Å². The summed E-state index contributed by atoms with van der Waals surface area (Å²) in [5.74, 6) is 0.255. The molecule has 0 unspecified atom stereocenters. The number of nitro benzene ring substituents is 1. The Hall–Kier alpha value is -2.70. The first kappa shape index (κ1) is 13.7. The van der Waals surface area contributed by atoms with E-state index in [2.05, 4.69) is 10.4 Å². The second-order valence-electron chi connectivity index (χ2n) is 4.51. The van der Waals surface area contributed by atoms with Crippen molar-refractivity contribution in [3.63, 3.8) is 0 Å². The maximum absolute atomic E-state index is 12.0. The molecule has 0 bridgehead atoms. The number of carbonyl (C=O) groups is 1. The summed E-state index contributed by atoms with van der Waals surface area (Å²) in [6.07, 6.45) is 1.60. The van der Waals surface area contributed by atoms with Crippen LogP contribution in [0, 0.1) is 10.1 Å². The van der Waals surface area contributed by atoms with Gasteiger partial charge in [0.15, 0.2) is 0 Å². The number of rotatable bonds is 4. The van der Waals surface area contributed by atoms with Gasteiger partial charge in [-0.05, 0) is 26.0 Å². The van der Waals surface area contributed by atoms with Crippen LogP contribution in [-0.4, -0.2) is 20.6 Å². The number of non-ortho nitro benzene ring substituents is 1. The third kappa shape index (κ3) is 2.82. The van der Waals surface area contributed by atoms with Gasteiger partial charge < -0.3 is 5.32 Å². The highest BCUT2D eigenvalue weighted by atomic mass is 16.6. The SMILES string of the molecule is CC(C)n1nccc1NC(=O)c1ccc([N+](=O)[O-])cc1. The summed E-state index contributed by atoms with van der Waals surface area (Å²) in [5, 5.41) is 17.4. The third-order valence-electron chi connectivity index (χ3n) is 2.74. The molecule has 0 spiro atoms. The van der Waals surface area contributed by atoms with Crippen LogP contribution in [0.15, 0.2) is 36.5 Å². The van der Waals surface area contributed by atoms with E-state index in [-0.39, 0.29) is 17.6 Å². The first-order valence-corrected chi connectivity index (χ1v) is 6.08. The number of hydrogen-bond acceptors (Lipinski definition) is 4. The minimum atomic E-state index is -0.504. The third-order valence-corrected chi connectivity index (χ3v) is 2.74. The Kier molecular flexibility index (Phi) is 3.79. The molecule has 0 radical (unpaired) electrons. The summed E-state index contributed by atoms with van der Waals surface area (Å²) in [6.45, 7) is 3.91. The van der Waals surface area contributed by atoms with Crippen molar-refractivity contribution in [2.75, 3.05) is 5.32 Å². The molecule has 7 nitrogen and oxygen atoms in total. The average molecular weight is 274 g/mol. The molecule has 0 aliphatic carbocycles. The van der Waals surface area contributed by atoms with Gasteiger partial charge in [-0.25, -0.2) is 4.68 Å². The maximum Gasteiger partial charge on any atom is 0.269 e. The van der Waals surface area contributed by atoms with Gasteiger partial charge in [-0.15, -0.1) is 0 Å². The number of aromatic nitrogens is 2. The molecule has 1 aromatic heterocycles. The van der Waals surface area contributed by atoms with Crippen LogP contribution < -0.4 is 5.32 Å². The van der Waals surface area contributed by atoms with E-state index in [9.17, 15) is 14.9 Å². The van der Waals surface area contributed by atoms with Gasteiger partial charge in [0.1, 0.15) is 5.82 Å². The van der Waals surface area contributed by atoms with E-state index >= 15 is 0 Å². The quantitative estimate of drug-likeness (QED) is 0.685. The summed E-state index contributed by atoms with van der Waals surface area (Å²) in [7, 11) is 0. The van der Waals surface area contributed by atoms with Crippen LogP contribution in [0.4, 0.5) is 11.5 Å². The van der Waals surface area contributed by atoms with E-state index in [4.69, 9.17) is 0 Å². The molecular weight excluding hydrogens is 260 g/mol. The highest BCUT2D eigenvalue weighted by molar-refractivity contribution is 6.03. The summed E-state index contributed by atoms with van der Waals surface area (Å²) in [6, 6.07) is 7.26. The molecule has 0 saturated heterocycles. The van der Waals surface area contributed by atoms with Crippen molar-refractivity contribution in [2.45, 2.75) is 19.9 Å². The van der Waals surface area contributed by atoms with Gasteiger partial charge in [-0.2, -0.15) is 5.10 Å². The lowest BCUT2D eigenvalue weighted by Gasteiger charge is -2.11. The van der Waals surface area contributed by atoms with Crippen LogP contribution in [0.25, 0.3) is 0 Å². The monoisotopic (exact) mass is 274 g/mol. The number of carbonyl (C=O) groups excluding carboxylic acids is 1. The fourth-order valence-electron chi connectivity index (χ4n) is 1.75. The second-order valence-corrected chi connectivity index (χ2v) is 4.51. The van der Waals surface area contributed by atoms with Crippen LogP contribution in [0.5, 0.6) is 0 Å². The molecule has 2 rings (SSSR count). The zero-order chi connectivity index (χ0) is 14.7. The fourth-order valence-corrected chi connectivity index (χ4v) is 1.75. The largest absolute Gasteiger partial charge is 0.307 e. The maximum atomic E-state index is 12.0. The summed E-state index contributed by atoms with van der Waals surface area (Å²) in [4.78, 5) is 22.1. The van der Waals surface area contributed by atoms with E-state index in [0.717, 1.165) is 0 Å². The molecule has 0 saturated carbocycles. The Labute approximate surface area is 115 Å². The Morgan fingerprint density at radius 3 is 2.50 bits per heavy atom. The normalized spacial score (nSPS) is 10.6. The zero-order valence-electron chi connectivity index (χ0n) is 11.1. The van der Waals surface area contributed by atoms with Gasteiger partial charge in [0, 0.05) is 29.8 Å². The Morgan fingerprint density at radius 2 is 1.95 bits per heavy atom. The van der Waals surface area contributed by atoms with Crippen molar-refractivity contribution in [3.8, 4) is 0 Å². The lowest BCUT2D eigenvalue weighted by molar-refractivity contribution is -0.384. The number of amides is 1. The highest BCUT2D eigenvalue weighted by Crippen LogP contribution is 2.16. The van der Waals surface area contributed by atoms with Crippen LogP contribution in [0.2, 0.25) is 0 Å². The number of nitrogens with zero attached hydrogens (tertiary/aromatic N) is 3. The van der Waals surface area contributed by atoms with E-state index in [1.165, 1.54) is 24.3 Å². The number of nitro groups is 1. The van der Waals surface area contributed by atoms with Gasteiger partial charge in [0.2, 0.25) is 0 Å². The first-order valence-electron chi connectivity index (χ1n) is 6.08. The van der Waals surface area contributed by atoms with Crippen LogP contribution in [0.1, 0.15) is 30.2 Å². The molecule has 0 aliphatic rings. The predicted octanol–water partition coefficient (Wildman–Crippen LogP) is 2.62. The molecule has 1 aromatic carbocycles. The van der Waals surface area contributed by atoms with Crippen molar-refractivity contribution >= 4 is 17.4 Å². The van der Waals surface area contributed by atoms with Crippen LogP contribution in [0.3, 0.4) is 0 Å². The van der Waals surface area contributed by atoms with Gasteiger partial charge in [-0.3, -0.25) is 14.9 Å². The van der Waals surface area contributed by atoms with Crippen LogP contribution in [-0.2, 0) is 0 Å². The molecule has 20 heavy (non-hydrogen) atoms. The topological polar surface area (TPSA) is 90.1 Å². The van der Waals surface area contributed by atoms with E-state index in [1.54, 1.807) is 16.9 Å². The van der Waals surface area contributed by atoms with Crippen molar-refractivity contribution in [1.29, 1.82) is 0 Å². The summed E-state index contributed by atoms with van der Waals surface area (Å²) >= 11 is 0. The number of benzene rings is 1. The lowest BCUT2D eigenvalue weighted by atomic mass is 10.2. The second kappa shape index (κ2) is 5.52. The first-order chi connectivity index (χ1) is 9.49. The van der Waals surface area contributed by atoms with E-state index in [1.807, 2.05) is 13.8 Å². The van der Waals surface area contributed by atoms with E-state index in [0.29, 0.717) is 11.4 Å². The molecule has 1 heterocycles. The Bertz CT molecular complexity index is 631. The van der Waals surface area contributed by atoms with Crippen molar-refractivity contribution < 1.29 is 9.72 Å². The zero-order valence-corrected chi connectivity index (χ0v) is 11.1. The fraction of sp³-hybridized carbons (Fsp3) is 0.231. The molecule has 7 heteroatoms. The number of hydrogen-bond donors (Lipinski definition) is 1. The van der Waals surface area contributed by atoms with E-state index < -0.39 is 4.92 Å². The predicted molar refractivity (Wildman–Crippen MR) is 73.7 cm³/mol. The Balaban J connectivity index is 2.15. The van der Waals surface area contributed by atoms with Gasteiger partial charge >= 0.3 is 0 Å². The summed E-state index contributed by atoms with van der Waals surface area (Å²) in [5.41, 5.74) is 0.306. The van der Waals surface area contributed by atoms with Gasteiger partial charge in [0.05, 0.1) is 11.1 Å². The smallest absolute Gasteiger partial charge is 0.269 e. The number of anilines is 1. The molecule has 1 amide bonds. The van der Waals surface area contributed by atoms with Crippen molar-refractivity contribution in [3.05, 3.63) is 52.2 Å². The lowest BCUT2D eigenvalue weighted by Crippen LogP contribution is -2.16. The van der Waals surface area contributed by atoms with Crippen molar-refractivity contribution in [2.24, 2.45) is 0 Å².